The number of nitrogens with two attached hydrogens (primary N) is 1. The maximum Gasteiger partial charge on any atom is 0.459 e. The fourth-order valence-corrected chi connectivity index (χ4v) is 5.15. The summed E-state index contributed by atoms with van der Waals surface area (Å²) in [4.78, 5) is 24.6. The summed E-state index contributed by atoms with van der Waals surface area (Å²) < 4.78 is 37.1. The van der Waals surface area contributed by atoms with E-state index >= 15 is 0 Å². The lowest BCUT2D eigenvalue weighted by atomic mass is 10.2. The fourth-order valence-electron chi connectivity index (χ4n) is 3.63. The predicted octanol–water partition coefficient (Wildman–Crippen LogP) is 2.11. The summed E-state index contributed by atoms with van der Waals surface area (Å²) in [5, 5.41) is 13.9. The Bertz CT molecular complexity index is 1300. The molecule has 1 aromatic carbocycles. The number of ether oxygens (including phenoxy) is 2. The highest BCUT2D eigenvalue weighted by Crippen LogP contribution is 2.45. The van der Waals surface area contributed by atoms with Crippen molar-refractivity contribution >= 4 is 42.4 Å². The zero-order valence-electron chi connectivity index (χ0n) is 19.9. The first-order chi connectivity index (χ1) is 17.2. The summed E-state index contributed by atoms with van der Waals surface area (Å²) in [5.74, 6) is 0.141. The molecule has 3 heterocycles. The van der Waals surface area contributed by atoms with Gasteiger partial charge in [0, 0.05) is 13.5 Å². The Balaban J connectivity index is 1.50. The molecule has 1 saturated heterocycles. The van der Waals surface area contributed by atoms with Crippen molar-refractivity contribution in [1.82, 2.24) is 24.6 Å². The second-order valence-electron chi connectivity index (χ2n) is 7.92. The van der Waals surface area contributed by atoms with Gasteiger partial charge in [0.1, 0.15) is 11.8 Å². The maximum atomic E-state index is 13.5. The van der Waals surface area contributed by atoms with Crippen LogP contribution < -0.4 is 20.7 Å². The number of esters is 1. The van der Waals surface area contributed by atoms with Crippen molar-refractivity contribution in [3.8, 4) is 5.75 Å². The summed E-state index contributed by atoms with van der Waals surface area (Å²) >= 11 is 0. The molecule has 0 bridgehead atoms. The minimum absolute atomic E-state index is 0.0443. The van der Waals surface area contributed by atoms with Crippen molar-refractivity contribution in [3.05, 3.63) is 36.7 Å². The van der Waals surface area contributed by atoms with Crippen LogP contribution in [0.4, 0.5) is 11.8 Å². The van der Waals surface area contributed by atoms with Gasteiger partial charge in [-0.3, -0.25) is 13.9 Å². The van der Waals surface area contributed by atoms with Gasteiger partial charge in [0.2, 0.25) is 5.95 Å². The second kappa shape index (κ2) is 10.6. The number of rotatable bonds is 10. The quantitative estimate of drug-likeness (QED) is 0.226. The van der Waals surface area contributed by atoms with Gasteiger partial charge >= 0.3 is 13.7 Å². The average molecular weight is 518 g/mol. The SMILES string of the molecule is CNc1nc(N)nc2c1ncn2[C@@H]1O[C@H](CO[P@](=O)(N[C@H](C)C(=O)OC)Oc2ccccc2)CC1=N. The molecule has 0 amide bonds. The molecule has 15 heteroatoms. The first kappa shape index (κ1) is 25.5. The number of imidazole rings is 1. The summed E-state index contributed by atoms with van der Waals surface area (Å²) in [6, 6.07) is 7.44. The van der Waals surface area contributed by atoms with Gasteiger partial charge in [0.15, 0.2) is 23.2 Å². The molecule has 0 aliphatic carbocycles. The van der Waals surface area contributed by atoms with E-state index in [0.29, 0.717) is 17.0 Å². The highest BCUT2D eigenvalue weighted by Gasteiger charge is 2.37. The summed E-state index contributed by atoms with van der Waals surface area (Å²) in [6.45, 7) is 1.29. The van der Waals surface area contributed by atoms with Gasteiger partial charge in [-0.25, -0.2) is 9.55 Å². The number of nitrogen functional groups attached to an aromatic ring is 1. The Morgan fingerprint density at radius 2 is 2.11 bits per heavy atom. The van der Waals surface area contributed by atoms with Gasteiger partial charge in [-0.2, -0.15) is 15.1 Å². The zero-order chi connectivity index (χ0) is 25.9. The van der Waals surface area contributed by atoms with Crippen molar-refractivity contribution in [3.63, 3.8) is 0 Å². The molecule has 0 radical (unpaired) electrons. The maximum absolute atomic E-state index is 13.5. The van der Waals surface area contributed by atoms with Crippen molar-refractivity contribution in [2.75, 3.05) is 31.8 Å². The molecule has 36 heavy (non-hydrogen) atoms. The van der Waals surface area contributed by atoms with Crippen molar-refractivity contribution in [2.45, 2.75) is 31.7 Å². The Morgan fingerprint density at radius 3 is 2.81 bits per heavy atom. The molecular weight excluding hydrogens is 491 g/mol. The third-order valence-corrected chi connectivity index (χ3v) is 6.94. The molecule has 1 aliphatic rings. The molecule has 14 nitrogen and oxygen atoms in total. The number of nitrogens with one attached hydrogen (secondary N) is 3. The number of hydrogen-bond acceptors (Lipinski definition) is 12. The molecule has 4 atom stereocenters. The zero-order valence-corrected chi connectivity index (χ0v) is 20.8. The molecule has 5 N–H and O–H groups in total. The molecule has 4 rings (SSSR count). The predicted molar refractivity (Wildman–Crippen MR) is 131 cm³/mol. The van der Waals surface area contributed by atoms with E-state index in [9.17, 15) is 9.36 Å². The number of benzene rings is 1. The Morgan fingerprint density at radius 1 is 1.36 bits per heavy atom. The van der Waals surface area contributed by atoms with Gasteiger partial charge in [0.05, 0.1) is 31.9 Å². The molecule has 0 spiro atoms. The Kier molecular flexibility index (Phi) is 7.50. The minimum Gasteiger partial charge on any atom is -0.468 e. The topological polar surface area (TPSA) is 189 Å². The number of hydrogen-bond donors (Lipinski definition) is 4. The number of carbonyl (C=O) groups excluding carboxylic acids is 1. The van der Waals surface area contributed by atoms with Gasteiger partial charge in [-0.05, 0) is 19.1 Å². The third-order valence-electron chi connectivity index (χ3n) is 5.30. The van der Waals surface area contributed by atoms with Gasteiger partial charge in [0.25, 0.3) is 0 Å². The normalized spacial score (nSPS) is 20.1. The van der Waals surface area contributed by atoms with Crippen molar-refractivity contribution in [2.24, 2.45) is 0 Å². The number of methoxy groups -OCH3 is 1. The first-order valence-corrected chi connectivity index (χ1v) is 12.5. The van der Waals surface area contributed by atoms with Crippen LogP contribution in [0.1, 0.15) is 19.6 Å². The van der Waals surface area contributed by atoms with Crippen LogP contribution in [0.2, 0.25) is 0 Å². The third kappa shape index (κ3) is 5.46. The van der Waals surface area contributed by atoms with Crippen LogP contribution in [0, 0.1) is 5.41 Å². The number of aromatic nitrogens is 4. The minimum atomic E-state index is -4.04. The van der Waals surface area contributed by atoms with Gasteiger partial charge < -0.3 is 30.5 Å². The van der Waals surface area contributed by atoms with Crippen LogP contribution in [0.5, 0.6) is 5.75 Å². The van der Waals surface area contributed by atoms with Gasteiger partial charge in [-0.1, -0.05) is 18.2 Å². The summed E-state index contributed by atoms with van der Waals surface area (Å²) in [6.07, 6.45) is 0.233. The molecule has 1 fully saturated rings. The van der Waals surface area contributed by atoms with E-state index in [1.165, 1.54) is 20.4 Å². The highest BCUT2D eigenvalue weighted by atomic mass is 31.2. The van der Waals surface area contributed by atoms with E-state index < -0.39 is 32.1 Å². The number of para-hydroxylation sites is 1. The lowest BCUT2D eigenvalue weighted by Gasteiger charge is -2.23. The molecule has 0 unspecified atom stereocenters. The number of anilines is 2. The van der Waals surface area contributed by atoms with Crippen LogP contribution in [-0.2, 0) is 23.4 Å². The van der Waals surface area contributed by atoms with E-state index in [-0.39, 0.29) is 30.4 Å². The molecule has 0 saturated carbocycles. The average Bonchev–Trinajstić information content (AvgIpc) is 3.44. The molecule has 1 aliphatic heterocycles. The lowest BCUT2D eigenvalue weighted by molar-refractivity contribution is -0.142. The van der Waals surface area contributed by atoms with Crippen LogP contribution in [0.25, 0.3) is 11.2 Å². The van der Waals surface area contributed by atoms with Crippen molar-refractivity contribution < 1.29 is 27.9 Å². The lowest BCUT2D eigenvalue weighted by Crippen LogP contribution is -2.35. The number of carbonyl (C=O) groups is 1. The monoisotopic (exact) mass is 518 g/mol. The van der Waals surface area contributed by atoms with Crippen LogP contribution >= 0.6 is 7.75 Å². The van der Waals surface area contributed by atoms with Crippen LogP contribution in [0.3, 0.4) is 0 Å². The van der Waals surface area contributed by atoms with Crippen LogP contribution in [0.15, 0.2) is 36.7 Å². The molecule has 2 aromatic heterocycles. The largest absolute Gasteiger partial charge is 0.468 e. The van der Waals surface area contributed by atoms with E-state index in [0.717, 1.165) is 0 Å². The highest BCUT2D eigenvalue weighted by molar-refractivity contribution is 7.52. The van der Waals surface area contributed by atoms with Gasteiger partial charge in [-0.15, -0.1) is 0 Å². The fraction of sp³-hybridized carbons (Fsp3) is 0.381. The molecule has 192 valence electrons. The van der Waals surface area contributed by atoms with E-state index in [1.54, 1.807) is 41.9 Å². The molecular formula is C21H27N8O6P. The Labute approximate surface area is 206 Å². The van der Waals surface area contributed by atoms with E-state index in [2.05, 4.69) is 25.4 Å². The summed E-state index contributed by atoms with van der Waals surface area (Å²) in [7, 11) is -1.13. The number of fused-ring (bicyclic) bond motifs is 1. The van der Waals surface area contributed by atoms with E-state index in [4.69, 9.17) is 29.7 Å². The first-order valence-electron chi connectivity index (χ1n) is 11.0. The van der Waals surface area contributed by atoms with E-state index in [1.807, 2.05) is 0 Å². The molecule has 3 aromatic rings. The van der Waals surface area contributed by atoms with Crippen molar-refractivity contribution in [1.29, 1.82) is 5.41 Å². The smallest absolute Gasteiger partial charge is 0.459 e. The summed E-state index contributed by atoms with van der Waals surface area (Å²) in [5.41, 5.74) is 6.93. The second-order valence-corrected chi connectivity index (χ2v) is 9.61. The van der Waals surface area contributed by atoms with Crippen LogP contribution in [-0.4, -0.2) is 64.1 Å². The Hall–Kier alpha value is -3.58. The standard InChI is InChI=1S/C21H27N8O6P/c1-12(20(30)32-3)28-36(31,35-13-7-5-4-6-8-13)33-10-14-9-15(22)19(34-14)29-11-25-16-17(24-2)26-21(23)27-18(16)29/h4-8,11-12,14,19,22H,9-10H2,1-3H3,(H,28,31)(H3,23,24,26,27)/t12-,14+,19-,36-/m1/s1. The number of nitrogens with zero attached hydrogens (tertiary/aromatic N) is 4.